The quantitative estimate of drug-likeness (QED) is 0.241. The molecule has 0 radical (unpaired) electrons. The number of nitrogens with two attached hydrogens (primary N) is 1. The predicted octanol–water partition coefficient (Wildman–Crippen LogP) is 2.76. The zero-order valence-electron chi connectivity index (χ0n) is 21.2. The average molecular weight is 514 g/mol. The highest BCUT2D eigenvalue weighted by atomic mass is 32.2. The first-order valence-corrected chi connectivity index (χ1v) is 13.5. The van der Waals surface area contributed by atoms with Crippen LogP contribution in [0.4, 0.5) is 5.69 Å². The molecule has 5 N–H and O–H groups in total. The lowest BCUT2D eigenvalue weighted by Gasteiger charge is -2.33. The van der Waals surface area contributed by atoms with Crippen LogP contribution in [-0.2, 0) is 16.0 Å². The molecule has 36 heavy (non-hydrogen) atoms. The molecule has 2 amide bonds. The summed E-state index contributed by atoms with van der Waals surface area (Å²) in [6, 6.07) is 16.4. The molecular formula is C27H39N5O3S. The Morgan fingerprint density at radius 1 is 1.11 bits per heavy atom. The van der Waals surface area contributed by atoms with Gasteiger partial charge in [-0.25, -0.2) is 0 Å². The lowest BCUT2D eigenvalue weighted by Crippen LogP contribution is -2.55. The van der Waals surface area contributed by atoms with Gasteiger partial charge in [-0.15, -0.1) is 0 Å². The third-order valence-corrected chi connectivity index (χ3v) is 7.63. The molecule has 1 aliphatic rings. The molecule has 3 atom stereocenters. The monoisotopic (exact) mass is 513 g/mol. The van der Waals surface area contributed by atoms with E-state index in [1.54, 1.807) is 17.0 Å². The number of nitrogens with zero attached hydrogens (tertiary/aromatic N) is 2. The van der Waals surface area contributed by atoms with Gasteiger partial charge in [-0.3, -0.25) is 9.59 Å². The largest absolute Gasteiger partial charge is 0.387 e. The molecular weight excluding hydrogens is 474 g/mol. The van der Waals surface area contributed by atoms with Gasteiger partial charge in [-0.2, -0.15) is 0 Å². The molecule has 0 spiro atoms. The fourth-order valence-corrected chi connectivity index (χ4v) is 5.40. The fraction of sp³-hybridized carbons (Fsp3) is 0.481. The van der Waals surface area contributed by atoms with Gasteiger partial charge in [0.2, 0.25) is 11.8 Å². The molecule has 1 fully saturated rings. The highest BCUT2D eigenvalue weighted by Crippen LogP contribution is 2.23. The second-order valence-electron chi connectivity index (χ2n) is 9.11. The molecule has 0 aliphatic carbocycles. The van der Waals surface area contributed by atoms with Crippen LogP contribution in [0.15, 0.2) is 54.6 Å². The van der Waals surface area contributed by atoms with Crippen molar-refractivity contribution in [3.05, 3.63) is 65.7 Å². The topological polar surface area (TPSA) is 111 Å². The number of likely N-dealkylation sites (tertiary alicyclic amines) is 1. The molecule has 0 bridgehead atoms. The second-order valence-corrected chi connectivity index (χ2v) is 10.0. The van der Waals surface area contributed by atoms with Crippen molar-refractivity contribution in [2.75, 3.05) is 37.4 Å². The summed E-state index contributed by atoms with van der Waals surface area (Å²) in [6.07, 6.45) is 2.77. The van der Waals surface area contributed by atoms with E-state index in [4.69, 9.17) is 5.73 Å². The van der Waals surface area contributed by atoms with Crippen LogP contribution in [0, 0.1) is 0 Å². The first-order chi connectivity index (χ1) is 17.4. The van der Waals surface area contributed by atoms with Gasteiger partial charge in [0.1, 0.15) is 11.4 Å². The summed E-state index contributed by atoms with van der Waals surface area (Å²) in [5.74, 6) is -0.595. The van der Waals surface area contributed by atoms with Crippen molar-refractivity contribution in [3.63, 3.8) is 0 Å². The highest BCUT2D eigenvalue weighted by molar-refractivity contribution is 8.01. The molecule has 2 unspecified atom stereocenters. The van der Waals surface area contributed by atoms with Crippen molar-refractivity contribution >= 4 is 29.4 Å². The Labute approximate surface area is 218 Å². The van der Waals surface area contributed by atoms with Crippen molar-refractivity contribution in [1.82, 2.24) is 15.1 Å². The first-order valence-electron chi connectivity index (χ1n) is 12.7. The van der Waals surface area contributed by atoms with Crippen molar-refractivity contribution < 1.29 is 14.7 Å². The summed E-state index contributed by atoms with van der Waals surface area (Å²) in [5.41, 5.74) is 9.20. The molecule has 0 saturated carbocycles. The van der Waals surface area contributed by atoms with Gasteiger partial charge in [0.15, 0.2) is 0 Å². The number of amides is 2. The van der Waals surface area contributed by atoms with Crippen LogP contribution in [0.2, 0.25) is 0 Å². The van der Waals surface area contributed by atoms with Gasteiger partial charge in [0, 0.05) is 32.2 Å². The summed E-state index contributed by atoms with van der Waals surface area (Å²) >= 11 is 1.24. The number of rotatable bonds is 13. The number of hydrogen-bond acceptors (Lipinski definition) is 7. The summed E-state index contributed by atoms with van der Waals surface area (Å²) in [5, 5.41) is 12.5. The van der Waals surface area contributed by atoms with Crippen LogP contribution >= 0.6 is 11.9 Å². The molecule has 1 aliphatic heterocycles. The fourth-order valence-electron chi connectivity index (χ4n) is 4.31. The first kappa shape index (κ1) is 28.0. The summed E-state index contributed by atoms with van der Waals surface area (Å²) in [6.45, 7) is 7.24. The molecule has 196 valence electrons. The number of likely N-dealkylation sites (N-methyl/N-ethyl adjacent to an activating group) is 1. The van der Waals surface area contributed by atoms with Gasteiger partial charge in [0.05, 0.1) is 6.10 Å². The van der Waals surface area contributed by atoms with Crippen molar-refractivity contribution in [3.8, 4) is 0 Å². The SMILES string of the molecule is CCN(C(C)=O)C(SNc1ccc(CCN2CCCC2)cc1)[C@H](N)C(=O)NCC(O)c1ccccc1. The van der Waals surface area contributed by atoms with Crippen LogP contribution in [-0.4, -0.2) is 70.9 Å². The van der Waals surface area contributed by atoms with Crippen LogP contribution < -0.4 is 15.8 Å². The van der Waals surface area contributed by atoms with Crippen molar-refractivity contribution in [2.45, 2.75) is 50.6 Å². The molecule has 1 heterocycles. The Morgan fingerprint density at radius 3 is 2.39 bits per heavy atom. The Morgan fingerprint density at radius 2 is 1.78 bits per heavy atom. The van der Waals surface area contributed by atoms with Crippen LogP contribution in [0.1, 0.15) is 43.9 Å². The van der Waals surface area contributed by atoms with E-state index in [-0.39, 0.29) is 12.5 Å². The van der Waals surface area contributed by atoms with E-state index >= 15 is 0 Å². The Hall–Kier alpha value is -2.59. The van der Waals surface area contributed by atoms with Gasteiger partial charge < -0.3 is 30.7 Å². The van der Waals surface area contributed by atoms with Crippen molar-refractivity contribution in [2.24, 2.45) is 5.73 Å². The van der Waals surface area contributed by atoms with Gasteiger partial charge in [0.25, 0.3) is 0 Å². The van der Waals surface area contributed by atoms with E-state index < -0.39 is 23.4 Å². The maximum atomic E-state index is 12.9. The molecule has 2 aromatic carbocycles. The Kier molecular flexibility index (Phi) is 11.1. The number of benzene rings is 2. The molecule has 8 nitrogen and oxygen atoms in total. The minimum Gasteiger partial charge on any atom is -0.387 e. The smallest absolute Gasteiger partial charge is 0.240 e. The minimum atomic E-state index is -0.992. The van der Waals surface area contributed by atoms with E-state index in [0.717, 1.165) is 18.7 Å². The van der Waals surface area contributed by atoms with Gasteiger partial charge >= 0.3 is 0 Å². The van der Waals surface area contributed by atoms with Crippen molar-refractivity contribution in [1.29, 1.82) is 0 Å². The lowest BCUT2D eigenvalue weighted by molar-refractivity contribution is -0.131. The zero-order valence-corrected chi connectivity index (χ0v) is 22.0. The maximum Gasteiger partial charge on any atom is 0.240 e. The zero-order chi connectivity index (χ0) is 25.9. The van der Waals surface area contributed by atoms with Crippen LogP contribution in [0.25, 0.3) is 0 Å². The van der Waals surface area contributed by atoms with E-state index in [2.05, 4.69) is 27.1 Å². The normalized spacial score (nSPS) is 16.2. The van der Waals surface area contributed by atoms with E-state index in [9.17, 15) is 14.7 Å². The van der Waals surface area contributed by atoms with E-state index in [1.807, 2.05) is 37.3 Å². The molecule has 0 aromatic heterocycles. The number of aliphatic hydroxyl groups is 1. The number of nitrogens with one attached hydrogen (secondary N) is 2. The number of hydrogen-bond donors (Lipinski definition) is 4. The van der Waals surface area contributed by atoms with Gasteiger partial charge in [-0.1, -0.05) is 42.5 Å². The Bertz CT molecular complexity index is 954. The average Bonchev–Trinajstić information content (AvgIpc) is 3.42. The minimum absolute atomic E-state index is 0.0342. The number of anilines is 1. The lowest BCUT2D eigenvalue weighted by atomic mass is 10.1. The number of aliphatic hydroxyl groups excluding tert-OH is 1. The number of carbonyl (C=O) groups excluding carboxylic acids is 2. The number of carbonyl (C=O) groups is 2. The summed E-state index contributed by atoms with van der Waals surface area (Å²) in [4.78, 5) is 29.2. The van der Waals surface area contributed by atoms with E-state index in [1.165, 1.54) is 50.4 Å². The summed E-state index contributed by atoms with van der Waals surface area (Å²) < 4.78 is 3.27. The molecule has 2 aromatic rings. The second kappa shape index (κ2) is 14.2. The highest BCUT2D eigenvalue weighted by Gasteiger charge is 2.32. The predicted molar refractivity (Wildman–Crippen MR) is 146 cm³/mol. The standard InChI is InChI=1S/C27H39N5O3S/c1-3-32(20(2)33)27(25(28)26(35)29-19-24(34)22-9-5-4-6-10-22)36-30-23-13-11-21(12-14-23)15-18-31-16-7-8-17-31/h4-6,9-14,24-25,27,30,34H,3,7-8,15-19,28H2,1-2H3,(H,29,35)/t24?,25-,27?/m1/s1. The summed E-state index contributed by atoms with van der Waals surface area (Å²) in [7, 11) is 0. The molecule has 1 saturated heterocycles. The van der Waals surface area contributed by atoms with Crippen LogP contribution in [0.5, 0.6) is 0 Å². The maximum absolute atomic E-state index is 12.9. The van der Waals surface area contributed by atoms with E-state index in [0.29, 0.717) is 12.1 Å². The van der Waals surface area contributed by atoms with Gasteiger partial charge in [-0.05, 0) is 74.5 Å². The molecule has 9 heteroatoms. The third kappa shape index (κ3) is 8.23. The Balaban J connectivity index is 1.57. The molecule has 3 rings (SSSR count). The van der Waals surface area contributed by atoms with Crippen LogP contribution in [0.3, 0.4) is 0 Å². The third-order valence-electron chi connectivity index (χ3n) is 6.48.